The molecule has 21 heavy (non-hydrogen) atoms. The van der Waals surface area contributed by atoms with Crippen LogP contribution < -0.4 is 9.54 Å². The lowest BCUT2D eigenvalue weighted by Crippen LogP contribution is -2.16. The number of hydrogen-bond acceptors (Lipinski definition) is 3. The summed E-state index contributed by atoms with van der Waals surface area (Å²) in [4.78, 5) is 16.5. The first-order chi connectivity index (χ1) is 10.2. The Hall–Kier alpha value is -2.40. The van der Waals surface area contributed by atoms with E-state index in [-0.39, 0.29) is 12.5 Å². The molecule has 0 saturated carbocycles. The Morgan fingerprint density at radius 3 is 2.81 bits per heavy atom. The number of amides is 1. The van der Waals surface area contributed by atoms with Gasteiger partial charge in [-0.25, -0.2) is 0 Å². The highest BCUT2D eigenvalue weighted by molar-refractivity contribution is 7.07. The summed E-state index contributed by atoms with van der Waals surface area (Å²) in [5, 5.41) is 4.12. The second kappa shape index (κ2) is 5.93. The van der Waals surface area contributed by atoms with Crippen LogP contribution in [0.4, 0.5) is 0 Å². The van der Waals surface area contributed by atoms with E-state index in [4.69, 9.17) is 4.74 Å². The maximum absolute atomic E-state index is 11.8. The maximum atomic E-state index is 11.8. The van der Waals surface area contributed by atoms with Crippen molar-refractivity contribution in [3.63, 3.8) is 0 Å². The molecule has 0 aliphatic carbocycles. The number of rotatable bonds is 3. The number of benzene rings is 2. The third-order valence-electron chi connectivity index (χ3n) is 3.06. The molecular weight excluding hydrogens is 284 g/mol. The van der Waals surface area contributed by atoms with Crippen molar-refractivity contribution in [1.82, 2.24) is 4.57 Å². The predicted octanol–water partition coefficient (Wildman–Crippen LogP) is 2.75. The third-order valence-corrected chi connectivity index (χ3v) is 3.91. The molecule has 5 heteroatoms. The number of ether oxygens (including phenoxy) is 1. The smallest absolute Gasteiger partial charge is 0.286 e. The Bertz CT molecular complexity index is 848. The molecule has 0 saturated heterocycles. The molecule has 2 aromatic carbocycles. The molecule has 0 bridgehead atoms. The molecule has 1 heterocycles. The molecule has 0 spiro atoms. The summed E-state index contributed by atoms with van der Waals surface area (Å²) < 4.78 is 7.32. The fourth-order valence-electron chi connectivity index (χ4n) is 1.98. The first kappa shape index (κ1) is 13.6. The van der Waals surface area contributed by atoms with Gasteiger partial charge >= 0.3 is 0 Å². The second-order valence-corrected chi connectivity index (χ2v) is 5.47. The van der Waals surface area contributed by atoms with Gasteiger partial charge in [0, 0.05) is 18.6 Å². The number of hydrogen-bond donors (Lipinski definition) is 0. The van der Waals surface area contributed by atoms with E-state index in [1.807, 2.05) is 61.1 Å². The average Bonchev–Trinajstić information content (AvgIpc) is 2.90. The Balaban J connectivity index is 1.72. The molecule has 3 rings (SSSR count). The molecule has 0 fully saturated rings. The lowest BCUT2D eigenvalue weighted by atomic mass is 10.1. The summed E-state index contributed by atoms with van der Waals surface area (Å²) in [6.07, 6.45) is 1.86. The summed E-state index contributed by atoms with van der Waals surface area (Å²) in [6, 6.07) is 13.8. The van der Waals surface area contributed by atoms with E-state index in [2.05, 4.69) is 4.99 Å². The van der Waals surface area contributed by atoms with Gasteiger partial charge in [0.15, 0.2) is 11.4 Å². The third kappa shape index (κ3) is 3.20. The van der Waals surface area contributed by atoms with Gasteiger partial charge in [-0.1, -0.05) is 30.3 Å². The van der Waals surface area contributed by atoms with E-state index in [0.29, 0.717) is 10.6 Å². The monoisotopic (exact) mass is 298 g/mol. The molecular formula is C16H14N2O2S. The number of carbonyl (C=O) groups excluding carboxylic acids is 1. The molecule has 4 nitrogen and oxygen atoms in total. The van der Waals surface area contributed by atoms with Crippen LogP contribution in [0.5, 0.6) is 5.75 Å². The number of carbonyl (C=O) groups is 1. The highest BCUT2D eigenvalue weighted by Gasteiger charge is 2.03. The van der Waals surface area contributed by atoms with Crippen LogP contribution in [-0.2, 0) is 11.8 Å². The maximum Gasteiger partial charge on any atom is 0.286 e. The standard InChI is InChI=1S/C16H14N2O2S/c1-18-8-9-21-16(18)17-15(19)11-20-14-7-6-12-4-2-3-5-13(12)10-14/h2-10H,11H2,1H3. The van der Waals surface area contributed by atoms with Crippen LogP contribution in [0, 0.1) is 0 Å². The van der Waals surface area contributed by atoms with Crippen molar-refractivity contribution in [3.05, 3.63) is 58.8 Å². The Morgan fingerprint density at radius 2 is 2.05 bits per heavy atom. The first-order valence-corrected chi connectivity index (χ1v) is 7.39. The van der Waals surface area contributed by atoms with Crippen molar-refractivity contribution < 1.29 is 9.53 Å². The summed E-state index contributed by atoms with van der Waals surface area (Å²) in [7, 11) is 1.85. The van der Waals surface area contributed by atoms with Gasteiger partial charge in [0.05, 0.1) is 0 Å². The zero-order valence-electron chi connectivity index (χ0n) is 11.5. The molecule has 0 atom stereocenters. The summed E-state index contributed by atoms with van der Waals surface area (Å²) >= 11 is 1.42. The molecule has 0 unspecified atom stereocenters. The van der Waals surface area contributed by atoms with Crippen LogP contribution in [0.2, 0.25) is 0 Å². The van der Waals surface area contributed by atoms with Crippen molar-refractivity contribution in [2.45, 2.75) is 0 Å². The highest BCUT2D eigenvalue weighted by Crippen LogP contribution is 2.20. The lowest BCUT2D eigenvalue weighted by molar-refractivity contribution is -0.120. The Labute approximate surface area is 126 Å². The van der Waals surface area contributed by atoms with Gasteiger partial charge in [0.1, 0.15) is 5.75 Å². The number of nitrogens with zero attached hydrogens (tertiary/aromatic N) is 2. The van der Waals surface area contributed by atoms with E-state index >= 15 is 0 Å². The quantitative estimate of drug-likeness (QED) is 0.746. The van der Waals surface area contributed by atoms with Crippen molar-refractivity contribution in [2.24, 2.45) is 12.0 Å². The zero-order chi connectivity index (χ0) is 14.7. The Kier molecular flexibility index (Phi) is 3.83. The minimum Gasteiger partial charge on any atom is -0.484 e. The van der Waals surface area contributed by atoms with Crippen LogP contribution in [0.25, 0.3) is 10.8 Å². The van der Waals surface area contributed by atoms with E-state index in [0.717, 1.165) is 10.8 Å². The number of thiazole rings is 1. The topological polar surface area (TPSA) is 43.6 Å². The molecule has 3 aromatic rings. The van der Waals surface area contributed by atoms with Crippen molar-refractivity contribution in [3.8, 4) is 5.75 Å². The number of aromatic nitrogens is 1. The lowest BCUT2D eigenvalue weighted by Gasteiger charge is -2.05. The Morgan fingerprint density at radius 1 is 1.24 bits per heavy atom. The van der Waals surface area contributed by atoms with Gasteiger partial charge in [-0.05, 0) is 22.9 Å². The summed E-state index contributed by atoms with van der Waals surface area (Å²) in [6.45, 7) is -0.0593. The van der Waals surface area contributed by atoms with Crippen LogP contribution in [-0.4, -0.2) is 17.1 Å². The van der Waals surface area contributed by atoms with Gasteiger partial charge in [0.2, 0.25) is 0 Å². The highest BCUT2D eigenvalue weighted by atomic mass is 32.1. The van der Waals surface area contributed by atoms with E-state index < -0.39 is 0 Å². The van der Waals surface area contributed by atoms with Crippen molar-refractivity contribution in [2.75, 3.05) is 6.61 Å². The van der Waals surface area contributed by atoms with E-state index in [1.165, 1.54) is 11.3 Å². The van der Waals surface area contributed by atoms with Crippen LogP contribution in [0.1, 0.15) is 0 Å². The second-order valence-electron chi connectivity index (χ2n) is 4.60. The summed E-state index contributed by atoms with van der Waals surface area (Å²) in [5.41, 5.74) is 0. The average molecular weight is 298 g/mol. The number of aryl methyl sites for hydroxylation is 1. The predicted molar refractivity (Wildman–Crippen MR) is 83.3 cm³/mol. The SMILES string of the molecule is Cn1ccsc1=NC(=O)COc1ccc2ccccc2c1. The van der Waals surface area contributed by atoms with Crippen LogP contribution in [0.3, 0.4) is 0 Å². The molecule has 0 N–H and O–H groups in total. The van der Waals surface area contributed by atoms with Crippen LogP contribution in [0.15, 0.2) is 59.0 Å². The van der Waals surface area contributed by atoms with Gasteiger partial charge in [-0.3, -0.25) is 4.79 Å². The molecule has 0 aliphatic heterocycles. The molecule has 106 valence electrons. The van der Waals surface area contributed by atoms with E-state index in [9.17, 15) is 4.79 Å². The fourth-order valence-corrected chi connectivity index (χ4v) is 2.72. The molecule has 0 aliphatic rings. The van der Waals surface area contributed by atoms with Crippen LogP contribution >= 0.6 is 11.3 Å². The molecule has 0 radical (unpaired) electrons. The van der Waals surface area contributed by atoms with Crippen molar-refractivity contribution >= 4 is 28.0 Å². The first-order valence-electron chi connectivity index (χ1n) is 6.52. The number of fused-ring (bicyclic) bond motifs is 1. The molecule has 1 aromatic heterocycles. The molecule has 1 amide bonds. The van der Waals surface area contributed by atoms with Gasteiger partial charge < -0.3 is 9.30 Å². The largest absolute Gasteiger partial charge is 0.484 e. The minimum absolute atomic E-state index is 0.0593. The van der Waals surface area contributed by atoms with Gasteiger partial charge in [-0.2, -0.15) is 4.99 Å². The minimum atomic E-state index is -0.291. The normalized spacial score (nSPS) is 11.8. The van der Waals surface area contributed by atoms with Gasteiger partial charge in [-0.15, -0.1) is 11.3 Å². The van der Waals surface area contributed by atoms with Crippen molar-refractivity contribution in [1.29, 1.82) is 0 Å². The fraction of sp³-hybridized carbons (Fsp3) is 0.125. The van der Waals surface area contributed by atoms with Gasteiger partial charge in [0.25, 0.3) is 5.91 Å². The zero-order valence-corrected chi connectivity index (χ0v) is 12.3. The summed E-state index contributed by atoms with van der Waals surface area (Å²) in [5.74, 6) is 0.383. The van der Waals surface area contributed by atoms with E-state index in [1.54, 1.807) is 4.57 Å².